The topological polar surface area (TPSA) is 56.0 Å². The van der Waals surface area contributed by atoms with Gasteiger partial charge in [0.25, 0.3) is 5.91 Å². The number of primary amides is 1. The quantitative estimate of drug-likeness (QED) is 0.885. The molecule has 0 radical (unpaired) electrons. The van der Waals surface area contributed by atoms with Gasteiger partial charge in [-0.1, -0.05) is 0 Å². The van der Waals surface area contributed by atoms with E-state index >= 15 is 0 Å². The lowest BCUT2D eigenvalue weighted by Crippen LogP contribution is -2.09. The number of hydrogen-bond acceptors (Lipinski definition) is 4. The fourth-order valence-electron chi connectivity index (χ4n) is 1.05. The highest BCUT2D eigenvalue weighted by atomic mass is 35.5. The highest BCUT2D eigenvalue weighted by Crippen LogP contribution is 2.27. The molecule has 0 atom stereocenters. The van der Waals surface area contributed by atoms with Gasteiger partial charge in [0, 0.05) is 10.9 Å². The summed E-state index contributed by atoms with van der Waals surface area (Å²) in [6.07, 6.45) is 0. The summed E-state index contributed by atoms with van der Waals surface area (Å²) in [6, 6.07) is 1.86. The zero-order chi connectivity index (χ0) is 9.26. The maximum atomic E-state index is 11.0. The van der Waals surface area contributed by atoms with Gasteiger partial charge in [0.2, 0.25) is 0 Å². The smallest absolute Gasteiger partial charge is 0.259 e. The third-order valence-corrected chi connectivity index (χ3v) is 3.11. The highest BCUT2D eigenvalue weighted by molar-refractivity contribution is 7.12. The number of nitrogens with two attached hydrogens (primary N) is 1. The van der Waals surface area contributed by atoms with E-state index in [1.165, 1.54) is 22.7 Å². The molecule has 2 heterocycles. The Morgan fingerprint density at radius 3 is 2.86 bits per heavy atom. The summed E-state index contributed by atoms with van der Waals surface area (Å²) in [7, 11) is 0. The molecule has 2 N–H and O–H groups in total. The Bertz CT molecular complexity index is 424. The van der Waals surface area contributed by atoms with Gasteiger partial charge >= 0.3 is 0 Å². The number of amides is 1. The first kappa shape index (κ1) is 11.2. The molecule has 0 aromatic carbocycles. The zero-order valence-electron chi connectivity index (χ0n) is 6.97. The second-order valence-electron chi connectivity index (χ2n) is 2.40. The van der Waals surface area contributed by atoms with Crippen LogP contribution in [0.5, 0.6) is 0 Å². The van der Waals surface area contributed by atoms with Crippen LogP contribution >= 0.6 is 35.1 Å². The number of aromatic nitrogens is 1. The Hall–Kier alpha value is -0.910. The highest BCUT2D eigenvalue weighted by Gasteiger charge is 2.12. The van der Waals surface area contributed by atoms with Crippen molar-refractivity contribution in [2.75, 3.05) is 0 Å². The van der Waals surface area contributed by atoms with E-state index in [2.05, 4.69) is 4.98 Å². The van der Waals surface area contributed by atoms with Crippen LogP contribution < -0.4 is 5.73 Å². The van der Waals surface area contributed by atoms with Crippen molar-refractivity contribution in [3.05, 3.63) is 27.2 Å². The Balaban J connectivity index is 0.000000980. The maximum absolute atomic E-state index is 11.0. The van der Waals surface area contributed by atoms with Crippen LogP contribution in [0.15, 0.2) is 22.3 Å². The van der Waals surface area contributed by atoms with E-state index in [4.69, 9.17) is 5.73 Å². The number of carbonyl (C=O) groups excluding carboxylic acids is 1. The molecule has 0 bridgehead atoms. The van der Waals surface area contributed by atoms with E-state index in [0.717, 1.165) is 11.3 Å². The van der Waals surface area contributed by atoms with Gasteiger partial charge in [-0.3, -0.25) is 4.79 Å². The maximum Gasteiger partial charge on any atom is 0.259 e. The van der Waals surface area contributed by atoms with Crippen molar-refractivity contribution in [2.45, 2.75) is 0 Å². The van der Waals surface area contributed by atoms with Gasteiger partial charge in [-0.15, -0.1) is 35.1 Å². The summed E-state index contributed by atoms with van der Waals surface area (Å²) in [5.74, 6) is -0.391. The van der Waals surface area contributed by atoms with E-state index in [-0.39, 0.29) is 12.4 Å². The van der Waals surface area contributed by atoms with Crippen molar-refractivity contribution in [1.82, 2.24) is 4.98 Å². The van der Waals surface area contributed by atoms with Crippen LogP contribution in [0.4, 0.5) is 0 Å². The van der Waals surface area contributed by atoms with Crippen molar-refractivity contribution < 1.29 is 4.79 Å². The lowest BCUT2D eigenvalue weighted by Gasteiger charge is -1.94. The van der Waals surface area contributed by atoms with Gasteiger partial charge in [0.15, 0.2) is 0 Å². The van der Waals surface area contributed by atoms with Crippen LogP contribution in [-0.4, -0.2) is 10.9 Å². The molecule has 0 unspecified atom stereocenters. The molecule has 6 heteroatoms. The summed E-state index contributed by atoms with van der Waals surface area (Å²) in [5, 5.41) is 3.74. The van der Waals surface area contributed by atoms with Crippen molar-refractivity contribution in [2.24, 2.45) is 5.73 Å². The predicted octanol–water partition coefficient (Wildman–Crippen LogP) is 2.39. The number of thiophene rings is 1. The second-order valence-corrected chi connectivity index (χ2v) is 4.04. The van der Waals surface area contributed by atoms with Crippen LogP contribution in [0, 0.1) is 0 Å². The fourth-order valence-corrected chi connectivity index (χ4v) is 2.36. The summed E-state index contributed by atoms with van der Waals surface area (Å²) in [5.41, 5.74) is 8.60. The van der Waals surface area contributed by atoms with Crippen molar-refractivity contribution in [3.8, 4) is 11.3 Å². The number of halogens is 1. The molecule has 2 rings (SSSR count). The van der Waals surface area contributed by atoms with Crippen LogP contribution in [-0.2, 0) is 0 Å². The van der Waals surface area contributed by atoms with Crippen molar-refractivity contribution in [1.29, 1.82) is 0 Å². The molecule has 74 valence electrons. The van der Waals surface area contributed by atoms with Gasteiger partial charge < -0.3 is 5.73 Å². The number of carbonyl (C=O) groups is 1. The van der Waals surface area contributed by atoms with E-state index in [9.17, 15) is 4.79 Å². The van der Waals surface area contributed by atoms with E-state index in [1.807, 2.05) is 16.8 Å². The molecule has 0 aliphatic rings. The minimum absolute atomic E-state index is 0. The van der Waals surface area contributed by atoms with E-state index < -0.39 is 5.91 Å². The van der Waals surface area contributed by atoms with Crippen molar-refractivity contribution >= 4 is 41.0 Å². The molecule has 0 fully saturated rings. The van der Waals surface area contributed by atoms with Gasteiger partial charge in [0.05, 0.1) is 11.2 Å². The van der Waals surface area contributed by atoms with Crippen LogP contribution in [0.3, 0.4) is 0 Å². The molecule has 1 amide bonds. The Morgan fingerprint density at radius 1 is 1.50 bits per heavy atom. The molecule has 14 heavy (non-hydrogen) atoms. The predicted molar refractivity (Wildman–Crippen MR) is 61.2 cm³/mol. The van der Waals surface area contributed by atoms with Crippen LogP contribution in [0.25, 0.3) is 11.3 Å². The summed E-state index contributed by atoms with van der Waals surface area (Å²) in [6.45, 7) is 0. The lowest BCUT2D eigenvalue weighted by atomic mass is 10.2. The number of thiazole rings is 1. The third-order valence-electron chi connectivity index (χ3n) is 1.60. The summed E-state index contributed by atoms with van der Waals surface area (Å²) >= 11 is 2.85. The number of hydrogen-bond donors (Lipinski definition) is 1. The largest absolute Gasteiger partial charge is 0.365 e. The summed E-state index contributed by atoms with van der Waals surface area (Å²) in [4.78, 5) is 15.7. The van der Waals surface area contributed by atoms with Gasteiger partial charge in [-0.25, -0.2) is 4.98 Å². The monoisotopic (exact) mass is 246 g/mol. The third kappa shape index (κ3) is 1.95. The van der Waals surface area contributed by atoms with Crippen molar-refractivity contribution in [3.63, 3.8) is 0 Å². The molecule has 0 saturated heterocycles. The average molecular weight is 247 g/mol. The first-order valence-corrected chi connectivity index (χ1v) is 5.37. The Morgan fingerprint density at radius 2 is 2.29 bits per heavy atom. The molecule has 3 nitrogen and oxygen atoms in total. The molecule has 0 aliphatic heterocycles. The minimum atomic E-state index is -0.391. The minimum Gasteiger partial charge on any atom is -0.365 e. The SMILES string of the molecule is Cl.NC(=O)c1sccc1-c1cscn1. The number of rotatable bonds is 2. The molecule has 0 spiro atoms. The Labute approximate surface area is 95.0 Å². The van der Waals surface area contributed by atoms with Gasteiger partial charge in [-0.05, 0) is 11.4 Å². The molecular formula is C8H7ClN2OS2. The van der Waals surface area contributed by atoms with Crippen LogP contribution in [0.2, 0.25) is 0 Å². The fraction of sp³-hybridized carbons (Fsp3) is 0. The number of nitrogens with zero attached hydrogens (tertiary/aromatic N) is 1. The molecule has 0 saturated carbocycles. The molecule has 2 aromatic heterocycles. The summed E-state index contributed by atoms with van der Waals surface area (Å²) < 4.78 is 0. The average Bonchev–Trinajstić information content (AvgIpc) is 2.74. The molecule has 2 aromatic rings. The standard InChI is InChI=1S/C8H6N2OS2.ClH/c9-8(11)7-5(1-2-13-7)6-3-12-4-10-6;/h1-4H,(H2,9,11);1H. The lowest BCUT2D eigenvalue weighted by molar-refractivity contribution is 0.100. The molecular weight excluding hydrogens is 240 g/mol. The van der Waals surface area contributed by atoms with Gasteiger partial charge in [0.1, 0.15) is 4.88 Å². The normalized spacial score (nSPS) is 9.43. The Kier molecular flexibility index (Phi) is 3.62. The molecule has 0 aliphatic carbocycles. The zero-order valence-corrected chi connectivity index (χ0v) is 9.42. The van der Waals surface area contributed by atoms with Crippen LogP contribution in [0.1, 0.15) is 9.67 Å². The van der Waals surface area contributed by atoms with E-state index in [1.54, 1.807) is 5.51 Å². The second kappa shape index (κ2) is 4.54. The first-order chi connectivity index (χ1) is 6.29. The van der Waals surface area contributed by atoms with E-state index in [0.29, 0.717) is 4.88 Å². The van der Waals surface area contributed by atoms with Gasteiger partial charge in [-0.2, -0.15) is 0 Å². The first-order valence-electron chi connectivity index (χ1n) is 3.55.